The number of nitrogens with one attached hydrogen (secondary N) is 2. The van der Waals surface area contributed by atoms with Crippen LogP contribution in [0.25, 0.3) is 0 Å². The molecule has 2 saturated carbocycles. The Morgan fingerprint density at radius 1 is 1.05 bits per heavy atom. The Morgan fingerprint density at radius 3 is 2.55 bits per heavy atom. The fourth-order valence-electron chi connectivity index (χ4n) is 5.34. The van der Waals surface area contributed by atoms with Gasteiger partial charge in [-0.3, -0.25) is 4.79 Å². The zero-order valence-corrected chi connectivity index (χ0v) is 13.2. The Hall–Kier alpha value is -1.26. The lowest BCUT2D eigenvalue weighted by atomic mass is 9.68. The highest BCUT2D eigenvalue weighted by atomic mass is 16.2. The molecule has 3 heterocycles. The minimum absolute atomic E-state index is 0.000231. The molecule has 5 fully saturated rings. The van der Waals surface area contributed by atoms with Gasteiger partial charge in [0.1, 0.15) is 6.04 Å². The van der Waals surface area contributed by atoms with Crippen LogP contribution in [-0.4, -0.2) is 42.0 Å². The van der Waals surface area contributed by atoms with Gasteiger partial charge in [-0.1, -0.05) is 0 Å². The molecule has 3 saturated heterocycles. The lowest BCUT2D eigenvalue weighted by molar-refractivity contribution is -0.122. The van der Waals surface area contributed by atoms with E-state index < -0.39 is 0 Å². The lowest BCUT2D eigenvalue weighted by Crippen LogP contribution is -2.53. The maximum Gasteiger partial charge on any atom is 0.318 e. The third-order valence-electron chi connectivity index (χ3n) is 6.20. The van der Waals surface area contributed by atoms with E-state index in [-0.39, 0.29) is 18.0 Å². The minimum Gasteiger partial charge on any atom is -0.354 e. The molecule has 2 unspecified atom stereocenters. The molecule has 3 amide bonds. The van der Waals surface area contributed by atoms with Crippen LogP contribution in [0.1, 0.15) is 51.4 Å². The van der Waals surface area contributed by atoms with Crippen molar-refractivity contribution in [3.63, 3.8) is 0 Å². The van der Waals surface area contributed by atoms with Crippen LogP contribution in [0.4, 0.5) is 4.79 Å². The molecular formula is C17H27N3O2. The molecule has 5 heteroatoms. The predicted molar refractivity (Wildman–Crippen MR) is 83.2 cm³/mol. The topological polar surface area (TPSA) is 61.4 Å². The Morgan fingerprint density at radius 2 is 1.77 bits per heavy atom. The van der Waals surface area contributed by atoms with Crippen molar-refractivity contribution < 1.29 is 9.59 Å². The molecule has 0 spiro atoms. The van der Waals surface area contributed by atoms with Gasteiger partial charge in [0.15, 0.2) is 0 Å². The average Bonchev–Trinajstić information content (AvgIpc) is 2.80. The van der Waals surface area contributed by atoms with Crippen LogP contribution >= 0.6 is 0 Å². The molecule has 2 aliphatic carbocycles. The normalized spacial score (nSPS) is 40.8. The number of carbonyl (C=O) groups excluding carboxylic acids is 2. The molecule has 0 radical (unpaired) electrons. The van der Waals surface area contributed by atoms with E-state index in [0.717, 1.165) is 44.2 Å². The van der Waals surface area contributed by atoms with E-state index in [0.29, 0.717) is 12.0 Å². The van der Waals surface area contributed by atoms with E-state index in [1.165, 1.54) is 32.1 Å². The van der Waals surface area contributed by atoms with Crippen molar-refractivity contribution >= 4 is 11.9 Å². The second-order valence-corrected chi connectivity index (χ2v) is 7.87. The van der Waals surface area contributed by atoms with E-state index in [4.69, 9.17) is 0 Å². The van der Waals surface area contributed by atoms with Gasteiger partial charge in [-0.25, -0.2) is 4.79 Å². The van der Waals surface area contributed by atoms with Crippen LogP contribution in [0.5, 0.6) is 0 Å². The van der Waals surface area contributed by atoms with Crippen LogP contribution in [0, 0.1) is 17.8 Å². The third-order valence-corrected chi connectivity index (χ3v) is 6.20. The molecule has 5 rings (SSSR count). The van der Waals surface area contributed by atoms with E-state index in [9.17, 15) is 9.59 Å². The van der Waals surface area contributed by atoms with E-state index in [2.05, 4.69) is 15.5 Å². The van der Waals surface area contributed by atoms with Crippen molar-refractivity contribution in [1.29, 1.82) is 0 Å². The number of fused-ring (bicyclic) bond motifs is 1. The third kappa shape index (κ3) is 2.70. The number of rotatable bonds is 1. The number of nitrogens with zero attached hydrogens (tertiary/aromatic N) is 1. The van der Waals surface area contributed by atoms with E-state index >= 15 is 0 Å². The predicted octanol–water partition coefficient (Wildman–Crippen LogP) is 1.88. The van der Waals surface area contributed by atoms with Gasteiger partial charge in [-0.05, 0) is 69.1 Å². The first kappa shape index (κ1) is 14.3. The quantitative estimate of drug-likeness (QED) is 0.777. The van der Waals surface area contributed by atoms with E-state index in [1.54, 1.807) is 0 Å². The first-order valence-corrected chi connectivity index (χ1v) is 9.04. The summed E-state index contributed by atoms with van der Waals surface area (Å²) in [6.07, 6.45) is 9.13. The summed E-state index contributed by atoms with van der Waals surface area (Å²) in [6, 6.07) is 0.0676. The van der Waals surface area contributed by atoms with Gasteiger partial charge in [0.25, 0.3) is 0 Å². The van der Waals surface area contributed by atoms with Gasteiger partial charge in [-0.2, -0.15) is 0 Å². The average molecular weight is 305 g/mol. The molecule has 3 aliphatic heterocycles. The van der Waals surface area contributed by atoms with Crippen molar-refractivity contribution in [2.24, 2.45) is 17.8 Å². The monoisotopic (exact) mass is 305 g/mol. The Labute approximate surface area is 132 Å². The standard InChI is InChI=1S/C17H27N3O2/c21-16-15(3-1-2-4-18-16)19-17(22)20-10-13-6-11-5-12(7-13)9-14(20)8-11/h11-15H,1-10H2,(H,18,21)(H,19,22)/t11-,12+,13?,14?,15-/m0/s1. The molecule has 0 aromatic carbocycles. The molecule has 5 nitrogen and oxygen atoms in total. The van der Waals surface area contributed by atoms with Crippen LogP contribution < -0.4 is 10.6 Å². The summed E-state index contributed by atoms with van der Waals surface area (Å²) in [7, 11) is 0. The van der Waals surface area contributed by atoms with Gasteiger partial charge in [0.2, 0.25) is 5.91 Å². The van der Waals surface area contributed by atoms with Crippen LogP contribution in [0.3, 0.4) is 0 Å². The smallest absolute Gasteiger partial charge is 0.318 e. The summed E-state index contributed by atoms with van der Waals surface area (Å²) < 4.78 is 0. The fraction of sp³-hybridized carbons (Fsp3) is 0.882. The molecule has 4 bridgehead atoms. The van der Waals surface area contributed by atoms with Crippen molar-refractivity contribution in [2.45, 2.75) is 63.5 Å². The van der Waals surface area contributed by atoms with Gasteiger partial charge in [-0.15, -0.1) is 0 Å². The number of amides is 3. The summed E-state index contributed by atoms with van der Waals surface area (Å²) >= 11 is 0. The zero-order valence-electron chi connectivity index (χ0n) is 13.2. The maximum atomic E-state index is 12.8. The van der Waals surface area contributed by atoms with Crippen molar-refractivity contribution in [3.8, 4) is 0 Å². The number of hydrogen-bond acceptors (Lipinski definition) is 2. The number of hydrogen-bond donors (Lipinski definition) is 2. The minimum atomic E-state index is -0.340. The van der Waals surface area contributed by atoms with Crippen molar-refractivity contribution in [1.82, 2.24) is 15.5 Å². The maximum absolute atomic E-state index is 12.8. The summed E-state index contributed by atoms with van der Waals surface area (Å²) in [5.41, 5.74) is 0. The first-order chi connectivity index (χ1) is 10.7. The molecule has 0 aromatic rings. The van der Waals surface area contributed by atoms with Gasteiger partial charge in [0, 0.05) is 19.1 Å². The number of carbonyl (C=O) groups is 2. The summed E-state index contributed by atoms with van der Waals surface area (Å²) in [5, 5.41) is 5.93. The van der Waals surface area contributed by atoms with Gasteiger partial charge >= 0.3 is 6.03 Å². The molecule has 0 aromatic heterocycles. The number of urea groups is 1. The second-order valence-electron chi connectivity index (χ2n) is 7.87. The molecule has 5 atom stereocenters. The fourth-order valence-corrected chi connectivity index (χ4v) is 5.34. The first-order valence-electron chi connectivity index (χ1n) is 9.04. The zero-order chi connectivity index (χ0) is 15.1. The van der Waals surface area contributed by atoms with Crippen LogP contribution in [-0.2, 0) is 4.79 Å². The Balaban J connectivity index is 1.44. The summed E-state index contributed by atoms with van der Waals surface area (Å²) in [4.78, 5) is 26.9. The molecule has 5 aliphatic rings. The Bertz CT molecular complexity index is 453. The molecule has 2 N–H and O–H groups in total. The summed E-state index contributed by atoms with van der Waals surface area (Å²) in [5.74, 6) is 2.35. The Kier molecular flexibility index (Phi) is 3.74. The molecule has 22 heavy (non-hydrogen) atoms. The second kappa shape index (κ2) is 5.74. The highest BCUT2D eigenvalue weighted by Gasteiger charge is 2.44. The van der Waals surface area contributed by atoms with Crippen LogP contribution in [0.2, 0.25) is 0 Å². The van der Waals surface area contributed by atoms with E-state index in [1.807, 2.05) is 0 Å². The van der Waals surface area contributed by atoms with Crippen molar-refractivity contribution in [2.75, 3.05) is 13.1 Å². The van der Waals surface area contributed by atoms with Crippen molar-refractivity contribution in [3.05, 3.63) is 0 Å². The summed E-state index contributed by atoms with van der Waals surface area (Å²) in [6.45, 7) is 1.64. The SMILES string of the molecule is O=C1NCCCC[C@@H]1NC(=O)N1CC2C[C@@H]3CC1C[C@H](C2)C3. The lowest BCUT2D eigenvalue weighted by Gasteiger charge is -2.39. The largest absolute Gasteiger partial charge is 0.354 e. The van der Waals surface area contributed by atoms with Gasteiger partial charge in [0.05, 0.1) is 0 Å². The molecular weight excluding hydrogens is 278 g/mol. The highest BCUT2D eigenvalue weighted by molar-refractivity contribution is 5.87. The van der Waals surface area contributed by atoms with Gasteiger partial charge < -0.3 is 15.5 Å². The highest BCUT2D eigenvalue weighted by Crippen LogP contribution is 2.47. The van der Waals surface area contributed by atoms with Crippen LogP contribution in [0.15, 0.2) is 0 Å². The molecule has 122 valence electrons.